The van der Waals surface area contributed by atoms with Crippen LogP contribution in [0.1, 0.15) is 36.7 Å². The van der Waals surface area contributed by atoms with Gasteiger partial charge in [0.05, 0.1) is 30.8 Å². The molecule has 0 saturated carbocycles. The smallest absolute Gasteiger partial charge is 0.168 e. The fourth-order valence-electron chi connectivity index (χ4n) is 4.36. The average Bonchev–Trinajstić information content (AvgIpc) is 3.53. The summed E-state index contributed by atoms with van der Waals surface area (Å²) in [7, 11) is 0. The van der Waals surface area contributed by atoms with Gasteiger partial charge in [-0.25, -0.2) is 4.98 Å². The quantitative estimate of drug-likeness (QED) is 0.471. The van der Waals surface area contributed by atoms with Crippen molar-refractivity contribution in [2.24, 2.45) is 0 Å². The van der Waals surface area contributed by atoms with Crippen molar-refractivity contribution in [2.75, 3.05) is 49.6 Å². The molecule has 9 heteroatoms. The molecule has 5 rings (SSSR count). The van der Waals surface area contributed by atoms with Gasteiger partial charge in [0.1, 0.15) is 10.7 Å². The van der Waals surface area contributed by atoms with Gasteiger partial charge in [-0.2, -0.15) is 5.10 Å². The third-order valence-corrected chi connectivity index (χ3v) is 7.02. The molecular weight excluding hydrogens is 424 g/mol. The van der Waals surface area contributed by atoms with Crippen LogP contribution in [0, 0.1) is 0 Å². The number of aliphatic hydroxyl groups excluding tert-OH is 1. The predicted octanol–water partition coefficient (Wildman–Crippen LogP) is 3.46. The number of rotatable bonds is 7. The van der Waals surface area contributed by atoms with E-state index in [1.807, 2.05) is 11.6 Å². The van der Waals surface area contributed by atoms with Crippen LogP contribution in [0.5, 0.6) is 0 Å². The molecule has 2 aromatic heterocycles. The second kappa shape index (κ2) is 9.99. The minimum atomic E-state index is -0.880. The molecule has 170 valence electrons. The summed E-state index contributed by atoms with van der Waals surface area (Å²) < 4.78 is 5.48. The zero-order chi connectivity index (χ0) is 21.8. The fourth-order valence-corrected chi connectivity index (χ4v) is 5.18. The number of nitrogens with one attached hydrogen (secondary N) is 2. The highest BCUT2D eigenvalue weighted by Gasteiger charge is 2.20. The van der Waals surface area contributed by atoms with Crippen LogP contribution in [0.3, 0.4) is 0 Å². The zero-order valence-electron chi connectivity index (χ0n) is 18.2. The van der Waals surface area contributed by atoms with Crippen LogP contribution in [-0.4, -0.2) is 64.6 Å². The standard InChI is InChI=1S/C23H30N6O2S/c30-22(20-16-32-23(27-20)18-13-24-25-14-18)26-19-12-17(15-28-8-10-31-11-9-28)4-5-21(19)29-6-2-1-3-7-29/h4-5,12-14,16,22,26,30H,1-3,6-11,15H2,(H,24,25). The number of nitrogens with zero attached hydrogens (tertiary/aromatic N) is 4. The van der Waals surface area contributed by atoms with Gasteiger partial charge in [0.25, 0.3) is 0 Å². The van der Waals surface area contributed by atoms with Crippen molar-refractivity contribution in [2.45, 2.75) is 32.0 Å². The molecule has 3 N–H and O–H groups in total. The zero-order valence-corrected chi connectivity index (χ0v) is 19.0. The summed E-state index contributed by atoms with van der Waals surface area (Å²) >= 11 is 1.50. The lowest BCUT2D eigenvalue weighted by atomic mass is 10.1. The number of anilines is 2. The monoisotopic (exact) mass is 454 g/mol. The van der Waals surface area contributed by atoms with Gasteiger partial charge in [-0.05, 0) is 37.0 Å². The average molecular weight is 455 g/mol. The largest absolute Gasteiger partial charge is 0.379 e. The van der Waals surface area contributed by atoms with E-state index in [0.717, 1.165) is 67.9 Å². The van der Waals surface area contributed by atoms with Gasteiger partial charge in [-0.3, -0.25) is 10.00 Å². The third kappa shape index (κ3) is 4.96. The maximum Gasteiger partial charge on any atom is 0.168 e. The van der Waals surface area contributed by atoms with E-state index in [1.54, 1.807) is 6.20 Å². The Balaban J connectivity index is 1.37. The molecule has 2 saturated heterocycles. The molecule has 32 heavy (non-hydrogen) atoms. The van der Waals surface area contributed by atoms with E-state index in [2.05, 4.69) is 48.5 Å². The maximum atomic E-state index is 11.0. The lowest BCUT2D eigenvalue weighted by Gasteiger charge is -2.32. The normalized spacial score (nSPS) is 18.6. The number of aromatic nitrogens is 3. The Hall–Kier alpha value is -2.46. The van der Waals surface area contributed by atoms with Crippen LogP contribution in [0.15, 0.2) is 36.0 Å². The summed E-state index contributed by atoms with van der Waals surface area (Å²) in [5, 5.41) is 23.9. The Labute approximate surface area is 192 Å². The minimum absolute atomic E-state index is 0.620. The van der Waals surface area contributed by atoms with Gasteiger partial charge in [-0.15, -0.1) is 11.3 Å². The van der Waals surface area contributed by atoms with Gasteiger partial charge in [0, 0.05) is 49.9 Å². The Kier molecular flexibility index (Phi) is 6.68. The van der Waals surface area contributed by atoms with Crippen molar-refractivity contribution in [1.82, 2.24) is 20.1 Å². The maximum absolute atomic E-state index is 11.0. The summed E-state index contributed by atoms with van der Waals surface area (Å²) in [5.41, 5.74) is 4.90. The highest BCUT2D eigenvalue weighted by atomic mass is 32.1. The molecule has 1 atom stereocenters. The Morgan fingerprint density at radius 3 is 2.78 bits per heavy atom. The van der Waals surface area contributed by atoms with Gasteiger partial charge >= 0.3 is 0 Å². The number of hydrogen-bond acceptors (Lipinski definition) is 8. The topological polar surface area (TPSA) is 89.5 Å². The van der Waals surface area contributed by atoms with E-state index in [0.29, 0.717) is 5.69 Å². The number of piperidine rings is 1. The Morgan fingerprint density at radius 2 is 2.00 bits per heavy atom. The molecule has 0 radical (unpaired) electrons. The van der Waals surface area contributed by atoms with E-state index in [-0.39, 0.29) is 0 Å². The van der Waals surface area contributed by atoms with Crippen LogP contribution < -0.4 is 10.2 Å². The van der Waals surface area contributed by atoms with Crippen molar-refractivity contribution < 1.29 is 9.84 Å². The molecule has 4 heterocycles. The SMILES string of the molecule is OC(Nc1cc(CN2CCOCC2)ccc1N1CCCCC1)c1csc(-c2cn[nH]c2)n1. The van der Waals surface area contributed by atoms with Crippen molar-refractivity contribution >= 4 is 22.7 Å². The second-order valence-electron chi connectivity index (χ2n) is 8.40. The van der Waals surface area contributed by atoms with Gasteiger partial charge in [0.15, 0.2) is 6.23 Å². The predicted molar refractivity (Wildman–Crippen MR) is 127 cm³/mol. The van der Waals surface area contributed by atoms with Gasteiger partial charge in [-0.1, -0.05) is 6.07 Å². The molecule has 2 aliphatic rings. The number of H-pyrrole nitrogens is 1. The van der Waals surface area contributed by atoms with Crippen LogP contribution >= 0.6 is 11.3 Å². The van der Waals surface area contributed by atoms with Crippen molar-refractivity contribution in [3.05, 3.63) is 47.2 Å². The van der Waals surface area contributed by atoms with Crippen LogP contribution in [0.2, 0.25) is 0 Å². The third-order valence-electron chi connectivity index (χ3n) is 6.11. The first-order valence-electron chi connectivity index (χ1n) is 11.3. The number of hydrogen-bond donors (Lipinski definition) is 3. The van der Waals surface area contributed by atoms with Crippen molar-refractivity contribution in [3.8, 4) is 10.6 Å². The van der Waals surface area contributed by atoms with Gasteiger partial charge in [0.2, 0.25) is 0 Å². The molecule has 2 fully saturated rings. The summed E-state index contributed by atoms with van der Waals surface area (Å²) in [4.78, 5) is 9.46. The van der Waals surface area contributed by atoms with E-state index >= 15 is 0 Å². The minimum Gasteiger partial charge on any atom is -0.379 e. The van der Waals surface area contributed by atoms with Gasteiger partial charge < -0.3 is 20.1 Å². The first-order chi connectivity index (χ1) is 15.8. The fraction of sp³-hybridized carbons (Fsp3) is 0.478. The molecule has 0 bridgehead atoms. The Bertz CT molecular complexity index is 996. The highest BCUT2D eigenvalue weighted by molar-refractivity contribution is 7.13. The molecule has 1 unspecified atom stereocenters. The van der Waals surface area contributed by atoms with E-state index < -0.39 is 6.23 Å². The summed E-state index contributed by atoms with van der Waals surface area (Å²) in [6.45, 7) is 6.47. The summed E-state index contributed by atoms with van der Waals surface area (Å²) in [6.07, 6.45) is 6.37. The summed E-state index contributed by atoms with van der Waals surface area (Å²) in [5.74, 6) is 0. The van der Waals surface area contributed by atoms with Crippen LogP contribution in [0.4, 0.5) is 11.4 Å². The molecule has 0 amide bonds. The summed E-state index contributed by atoms with van der Waals surface area (Å²) in [6, 6.07) is 6.61. The van der Waals surface area contributed by atoms with Crippen LogP contribution in [-0.2, 0) is 11.3 Å². The second-order valence-corrected chi connectivity index (χ2v) is 9.26. The number of benzene rings is 1. The molecule has 8 nitrogen and oxygen atoms in total. The molecule has 3 aromatic rings. The first-order valence-corrected chi connectivity index (χ1v) is 12.2. The number of aromatic amines is 1. The Morgan fingerprint density at radius 1 is 1.16 bits per heavy atom. The van der Waals surface area contributed by atoms with E-state index in [1.165, 1.54) is 36.2 Å². The number of ether oxygens (including phenoxy) is 1. The molecule has 2 aliphatic heterocycles. The molecule has 0 aliphatic carbocycles. The van der Waals surface area contributed by atoms with Crippen molar-refractivity contribution in [3.63, 3.8) is 0 Å². The highest BCUT2D eigenvalue weighted by Crippen LogP contribution is 2.33. The van der Waals surface area contributed by atoms with E-state index in [9.17, 15) is 5.11 Å². The number of morpholine rings is 1. The first kappa shape index (κ1) is 21.4. The van der Waals surface area contributed by atoms with E-state index in [4.69, 9.17) is 4.74 Å². The lowest BCUT2D eigenvalue weighted by molar-refractivity contribution is 0.0342. The number of aliphatic hydroxyl groups is 1. The molecule has 0 spiro atoms. The molecular formula is C23H30N6O2S. The number of thiazole rings is 1. The van der Waals surface area contributed by atoms with Crippen LogP contribution in [0.25, 0.3) is 10.6 Å². The lowest BCUT2D eigenvalue weighted by Crippen LogP contribution is -2.35. The van der Waals surface area contributed by atoms with Crippen molar-refractivity contribution in [1.29, 1.82) is 0 Å². The molecule has 1 aromatic carbocycles.